The third-order valence-electron chi connectivity index (χ3n) is 5.45. The number of aryl methyl sites for hydroxylation is 2. The van der Waals surface area contributed by atoms with Crippen LogP contribution < -0.4 is 10.1 Å². The Morgan fingerprint density at radius 2 is 1.79 bits per heavy atom. The SMILES string of the molecule is CCCC(C(=O)Nc1c(C)cc(OC)cc1C)[N+]1(C)CCCCC1. The van der Waals surface area contributed by atoms with Gasteiger partial charge in [-0.05, 0) is 62.8 Å². The van der Waals surface area contributed by atoms with Crippen molar-refractivity contribution in [2.45, 2.75) is 58.9 Å². The predicted octanol–water partition coefficient (Wildman–Crippen LogP) is 4.05. The third kappa shape index (κ3) is 4.10. The lowest BCUT2D eigenvalue weighted by molar-refractivity contribution is -0.929. The van der Waals surface area contributed by atoms with E-state index in [-0.39, 0.29) is 11.9 Å². The van der Waals surface area contributed by atoms with Crippen molar-refractivity contribution in [3.63, 3.8) is 0 Å². The number of anilines is 1. The van der Waals surface area contributed by atoms with Crippen molar-refractivity contribution in [2.75, 3.05) is 32.6 Å². The molecule has 0 aromatic heterocycles. The Bertz CT molecular complexity index is 554. The fraction of sp³-hybridized carbons (Fsp3) is 0.650. The van der Waals surface area contributed by atoms with Gasteiger partial charge in [0.15, 0.2) is 6.04 Å². The molecule has 24 heavy (non-hydrogen) atoms. The van der Waals surface area contributed by atoms with Gasteiger partial charge in [0.1, 0.15) is 5.75 Å². The van der Waals surface area contributed by atoms with Crippen molar-refractivity contribution < 1.29 is 14.0 Å². The number of ether oxygens (including phenoxy) is 1. The standard InChI is InChI=1S/C20H32N2O2/c1-6-10-18(22(4)11-8-7-9-12-22)20(23)21-19-15(2)13-17(24-5)14-16(19)3/h13-14,18H,6-12H2,1-5H3/p+1. The van der Waals surface area contributed by atoms with Gasteiger partial charge in [-0.15, -0.1) is 0 Å². The van der Waals surface area contributed by atoms with E-state index < -0.39 is 0 Å². The van der Waals surface area contributed by atoms with Gasteiger partial charge in [0.2, 0.25) is 0 Å². The number of hydrogen-bond acceptors (Lipinski definition) is 2. The Hall–Kier alpha value is -1.55. The molecule has 0 spiro atoms. The molecule has 0 aliphatic carbocycles. The molecule has 4 nitrogen and oxygen atoms in total. The third-order valence-corrected chi connectivity index (χ3v) is 5.45. The van der Waals surface area contributed by atoms with Crippen LogP contribution >= 0.6 is 0 Å². The van der Waals surface area contributed by atoms with Crippen molar-refractivity contribution in [1.29, 1.82) is 0 Å². The number of amides is 1. The topological polar surface area (TPSA) is 38.3 Å². The summed E-state index contributed by atoms with van der Waals surface area (Å²) in [6.07, 6.45) is 5.73. The van der Waals surface area contributed by atoms with Crippen LogP contribution in [0.3, 0.4) is 0 Å². The molecule has 1 saturated heterocycles. The zero-order chi connectivity index (χ0) is 17.7. The van der Waals surface area contributed by atoms with E-state index in [9.17, 15) is 4.79 Å². The number of hydrogen-bond donors (Lipinski definition) is 1. The smallest absolute Gasteiger partial charge is 0.282 e. The number of quaternary nitrogens is 1. The molecule has 1 aliphatic heterocycles. The molecule has 1 aliphatic rings. The first-order valence-corrected chi connectivity index (χ1v) is 9.21. The molecule has 1 unspecified atom stereocenters. The number of likely N-dealkylation sites (tertiary alicyclic amines) is 1. The monoisotopic (exact) mass is 333 g/mol. The molecule has 0 radical (unpaired) electrons. The summed E-state index contributed by atoms with van der Waals surface area (Å²) in [6, 6.07) is 4.00. The van der Waals surface area contributed by atoms with E-state index in [1.54, 1.807) is 7.11 Å². The highest BCUT2D eigenvalue weighted by Gasteiger charge is 2.38. The Morgan fingerprint density at radius 1 is 1.21 bits per heavy atom. The van der Waals surface area contributed by atoms with Gasteiger partial charge in [-0.25, -0.2) is 0 Å². The van der Waals surface area contributed by atoms with Crippen LogP contribution in [-0.2, 0) is 4.79 Å². The number of rotatable bonds is 6. The van der Waals surface area contributed by atoms with Gasteiger partial charge < -0.3 is 14.5 Å². The lowest BCUT2D eigenvalue weighted by Crippen LogP contribution is -2.59. The van der Waals surface area contributed by atoms with E-state index in [4.69, 9.17) is 4.74 Å². The zero-order valence-electron chi connectivity index (χ0n) is 15.9. The van der Waals surface area contributed by atoms with E-state index in [0.717, 1.165) is 53.0 Å². The maximum Gasteiger partial charge on any atom is 0.282 e. The number of carbonyl (C=O) groups is 1. The second-order valence-electron chi connectivity index (χ2n) is 7.42. The van der Waals surface area contributed by atoms with Gasteiger partial charge in [-0.2, -0.15) is 0 Å². The fourth-order valence-electron chi connectivity index (χ4n) is 3.99. The minimum absolute atomic E-state index is 0.0381. The largest absolute Gasteiger partial charge is 0.497 e. The number of benzene rings is 1. The summed E-state index contributed by atoms with van der Waals surface area (Å²) in [7, 11) is 3.93. The minimum Gasteiger partial charge on any atom is -0.497 e. The molecule has 1 atom stereocenters. The predicted molar refractivity (Wildman–Crippen MR) is 99.6 cm³/mol. The average molecular weight is 333 g/mol. The number of carbonyl (C=O) groups excluding carboxylic acids is 1. The Labute approximate surface area is 146 Å². The molecule has 4 heteroatoms. The highest BCUT2D eigenvalue weighted by molar-refractivity contribution is 5.95. The number of likely N-dealkylation sites (N-methyl/N-ethyl adjacent to an activating group) is 1. The molecule has 1 aromatic rings. The molecule has 1 aromatic carbocycles. The van der Waals surface area contributed by atoms with Crippen molar-refractivity contribution in [2.24, 2.45) is 0 Å². The minimum atomic E-state index is 0.0381. The average Bonchev–Trinajstić information content (AvgIpc) is 2.56. The molecule has 2 rings (SSSR count). The van der Waals surface area contributed by atoms with Crippen LogP contribution in [0.4, 0.5) is 5.69 Å². The van der Waals surface area contributed by atoms with Crippen LogP contribution in [0.25, 0.3) is 0 Å². The molecular weight excluding hydrogens is 300 g/mol. The lowest BCUT2D eigenvalue weighted by atomic mass is 10.00. The van der Waals surface area contributed by atoms with Gasteiger partial charge in [-0.3, -0.25) is 4.79 Å². The molecular formula is C20H33N2O2+. The van der Waals surface area contributed by atoms with Crippen LogP contribution in [0.1, 0.15) is 50.2 Å². The summed E-state index contributed by atoms with van der Waals surface area (Å²) in [6.45, 7) is 8.44. The molecule has 1 heterocycles. The second kappa shape index (κ2) is 8.02. The molecule has 134 valence electrons. The van der Waals surface area contributed by atoms with Crippen LogP contribution in [0, 0.1) is 13.8 Å². The summed E-state index contributed by atoms with van der Waals surface area (Å²) < 4.78 is 6.20. The van der Waals surface area contributed by atoms with Crippen molar-refractivity contribution in [3.05, 3.63) is 23.3 Å². The zero-order valence-corrected chi connectivity index (χ0v) is 15.9. The van der Waals surface area contributed by atoms with Crippen LogP contribution in [0.15, 0.2) is 12.1 Å². The highest BCUT2D eigenvalue weighted by Crippen LogP contribution is 2.28. The fourth-order valence-corrected chi connectivity index (χ4v) is 3.99. The lowest BCUT2D eigenvalue weighted by Gasteiger charge is -2.43. The highest BCUT2D eigenvalue weighted by atomic mass is 16.5. The van der Waals surface area contributed by atoms with Gasteiger partial charge in [0.05, 0.1) is 27.2 Å². The van der Waals surface area contributed by atoms with Crippen LogP contribution in [0.2, 0.25) is 0 Å². The maximum atomic E-state index is 13.1. The second-order valence-corrected chi connectivity index (χ2v) is 7.42. The Balaban J connectivity index is 2.22. The van der Waals surface area contributed by atoms with E-state index in [1.807, 2.05) is 26.0 Å². The first-order chi connectivity index (χ1) is 11.4. The van der Waals surface area contributed by atoms with Crippen molar-refractivity contribution in [3.8, 4) is 5.75 Å². The Kier molecular flexibility index (Phi) is 6.27. The van der Waals surface area contributed by atoms with Gasteiger partial charge in [0, 0.05) is 12.1 Å². The maximum absolute atomic E-state index is 13.1. The normalized spacial score (nSPS) is 18.0. The number of methoxy groups -OCH3 is 1. The van der Waals surface area contributed by atoms with Gasteiger partial charge in [-0.1, -0.05) is 6.92 Å². The summed E-state index contributed by atoms with van der Waals surface area (Å²) in [5, 5.41) is 3.23. The van der Waals surface area contributed by atoms with Crippen LogP contribution in [-0.4, -0.2) is 43.7 Å². The molecule has 1 fully saturated rings. The quantitative estimate of drug-likeness (QED) is 0.798. The van der Waals surface area contributed by atoms with Gasteiger partial charge >= 0.3 is 0 Å². The number of nitrogens with zero attached hydrogens (tertiary/aromatic N) is 1. The van der Waals surface area contributed by atoms with Crippen molar-refractivity contribution in [1.82, 2.24) is 0 Å². The first-order valence-electron chi connectivity index (χ1n) is 9.21. The summed E-state index contributed by atoms with van der Waals surface area (Å²) >= 11 is 0. The van der Waals surface area contributed by atoms with E-state index in [2.05, 4.69) is 19.3 Å². The van der Waals surface area contributed by atoms with Crippen LogP contribution in [0.5, 0.6) is 5.75 Å². The van der Waals surface area contributed by atoms with E-state index in [1.165, 1.54) is 19.3 Å². The summed E-state index contributed by atoms with van der Waals surface area (Å²) in [5.74, 6) is 1.00. The molecule has 0 bridgehead atoms. The number of nitrogens with one attached hydrogen (secondary N) is 1. The molecule has 1 N–H and O–H groups in total. The molecule has 1 amide bonds. The summed E-state index contributed by atoms with van der Waals surface area (Å²) in [4.78, 5) is 13.1. The number of piperidine rings is 1. The summed E-state index contributed by atoms with van der Waals surface area (Å²) in [5.41, 5.74) is 3.04. The van der Waals surface area contributed by atoms with Gasteiger partial charge in [0.25, 0.3) is 5.91 Å². The van der Waals surface area contributed by atoms with E-state index in [0.29, 0.717) is 0 Å². The van der Waals surface area contributed by atoms with Crippen molar-refractivity contribution >= 4 is 11.6 Å². The van der Waals surface area contributed by atoms with E-state index >= 15 is 0 Å². The Morgan fingerprint density at radius 3 is 2.29 bits per heavy atom. The first kappa shape index (κ1) is 18.8. The molecule has 0 saturated carbocycles.